The summed E-state index contributed by atoms with van der Waals surface area (Å²) in [5, 5.41) is 0. The Morgan fingerprint density at radius 3 is 3.05 bits per heavy atom. The van der Waals surface area contributed by atoms with Crippen LogP contribution in [0.15, 0.2) is 18.3 Å². The highest BCUT2D eigenvalue weighted by molar-refractivity contribution is 7.91. The lowest BCUT2D eigenvalue weighted by atomic mass is 10.1. The number of fused-ring (bicyclic) bond motifs is 1. The molecule has 0 spiro atoms. The number of aromatic nitrogens is 3. The Morgan fingerprint density at radius 1 is 1.48 bits per heavy atom. The molecule has 3 rings (SSSR count). The van der Waals surface area contributed by atoms with E-state index >= 15 is 0 Å². The normalized spacial score (nSPS) is 21.1. The average molecular weight is 309 g/mol. The molecule has 0 saturated carbocycles. The number of pyridine rings is 1. The second kappa shape index (κ2) is 5.73. The van der Waals surface area contributed by atoms with Crippen LogP contribution in [-0.2, 0) is 27.5 Å². The fourth-order valence-corrected chi connectivity index (χ4v) is 4.73. The summed E-state index contributed by atoms with van der Waals surface area (Å²) in [6.45, 7) is 1.26. The highest BCUT2D eigenvalue weighted by Crippen LogP contribution is 2.24. The average Bonchev–Trinajstić information content (AvgIpc) is 2.97. The van der Waals surface area contributed by atoms with E-state index in [-0.39, 0.29) is 11.7 Å². The van der Waals surface area contributed by atoms with Gasteiger partial charge in [-0.15, -0.1) is 0 Å². The maximum absolute atomic E-state index is 11.6. The molecule has 21 heavy (non-hydrogen) atoms. The van der Waals surface area contributed by atoms with Crippen molar-refractivity contribution < 1.29 is 13.2 Å². The second-order valence-electron chi connectivity index (χ2n) is 5.49. The summed E-state index contributed by atoms with van der Waals surface area (Å²) in [4.78, 5) is 9.01. The van der Waals surface area contributed by atoms with Crippen LogP contribution in [0.5, 0.6) is 0 Å². The lowest BCUT2D eigenvalue weighted by Gasteiger charge is -2.10. The minimum absolute atomic E-state index is 0.160. The highest BCUT2D eigenvalue weighted by atomic mass is 32.2. The third-order valence-corrected chi connectivity index (χ3v) is 5.74. The van der Waals surface area contributed by atoms with Crippen LogP contribution in [0.2, 0.25) is 0 Å². The maximum Gasteiger partial charge on any atom is 0.160 e. The Labute approximate surface area is 124 Å². The summed E-state index contributed by atoms with van der Waals surface area (Å²) in [7, 11) is -1.19. The van der Waals surface area contributed by atoms with Crippen LogP contribution >= 0.6 is 0 Å². The summed E-state index contributed by atoms with van der Waals surface area (Å²) >= 11 is 0. The predicted molar refractivity (Wildman–Crippen MR) is 79.9 cm³/mol. The van der Waals surface area contributed by atoms with Gasteiger partial charge in [0.2, 0.25) is 0 Å². The Kier molecular flexibility index (Phi) is 3.95. The first-order chi connectivity index (χ1) is 10.1. The molecular formula is C14H19N3O3S. The standard InChI is InChI=1S/C14H19N3O3S/c1-20-7-6-17-13(9-11-4-8-21(18,19)10-11)16-12-3-2-5-15-14(12)17/h2-3,5,11H,4,6-10H2,1H3. The zero-order chi connectivity index (χ0) is 14.9. The monoisotopic (exact) mass is 309 g/mol. The van der Waals surface area contributed by atoms with Crippen LogP contribution in [0.3, 0.4) is 0 Å². The molecule has 1 aliphatic rings. The van der Waals surface area contributed by atoms with Crippen LogP contribution in [0, 0.1) is 5.92 Å². The fourth-order valence-electron chi connectivity index (χ4n) is 2.87. The minimum Gasteiger partial charge on any atom is -0.383 e. The zero-order valence-corrected chi connectivity index (χ0v) is 12.8. The molecule has 0 radical (unpaired) electrons. The molecule has 1 aliphatic heterocycles. The molecule has 0 amide bonds. The van der Waals surface area contributed by atoms with Crippen molar-refractivity contribution in [2.24, 2.45) is 5.92 Å². The van der Waals surface area contributed by atoms with Crippen LogP contribution < -0.4 is 0 Å². The van der Waals surface area contributed by atoms with Crippen molar-refractivity contribution in [1.29, 1.82) is 0 Å². The zero-order valence-electron chi connectivity index (χ0n) is 12.0. The van der Waals surface area contributed by atoms with Crippen LogP contribution in [-0.4, -0.2) is 48.2 Å². The van der Waals surface area contributed by atoms with E-state index in [0.717, 1.165) is 23.4 Å². The van der Waals surface area contributed by atoms with E-state index in [1.807, 2.05) is 16.7 Å². The van der Waals surface area contributed by atoms with Gasteiger partial charge in [0, 0.05) is 26.3 Å². The first kappa shape index (κ1) is 14.5. The van der Waals surface area contributed by atoms with Gasteiger partial charge in [0.1, 0.15) is 11.3 Å². The lowest BCUT2D eigenvalue weighted by Crippen LogP contribution is -2.14. The number of ether oxygens (including phenoxy) is 1. The molecule has 0 aromatic carbocycles. The smallest absolute Gasteiger partial charge is 0.160 e. The highest BCUT2D eigenvalue weighted by Gasteiger charge is 2.29. The Hall–Kier alpha value is -1.47. The molecule has 7 heteroatoms. The number of methoxy groups -OCH3 is 1. The van der Waals surface area contributed by atoms with E-state index < -0.39 is 9.84 Å². The van der Waals surface area contributed by atoms with Gasteiger partial charge in [-0.1, -0.05) is 0 Å². The van der Waals surface area contributed by atoms with Crippen molar-refractivity contribution >= 4 is 21.0 Å². The van der Waals surface area contributed by atoms with Gasteiger partial charge in [-0.25, -0.2) is 18.4 Å². The topological polar surface area (TPSA) is 74.1 Å². The van der Waals surface area contributed by atoms with Crippen molar-refractivity contribution in [2.75, 3.05) is 25.2 Å². The first-order valence-electron chi connectivity index (χ1n) is 7.08. The Bertz CT molecular complexity index is 739. The number of hydrogen-bond acceptors (Lipinski definition) is 5. The molecule has 1 atom stereocenters. The molecule has 1 fully saturated rings. The lowest BCUT2D eigenvalue weighted by molar-refractivity contribution is 0.187. The second-order valence-corrected chi connectivity index (χ2v) is 7.72. The van der Waals surface area contributed by atoms with Crippen molar-refractivity contribution in [2.45, 2.75) is 19.4 Å². The van der Waals surface area contributed by atoms with Gasteiger partial charge in [-0.3, -0.25) is 0 Å². The van der Waals surface area contributed by atoms with E-state index in [9.17, 15) is 8.42 Å². The molecule has 1 saturated heterocycles. The molecule has 114 valence electrons. The predicted octanol–water partition coefficient (Wildman–Crippen LogP) is 1.05. The van der Waals surface area contributed by atoms with Crippen LogP contribution in [0.4, 0.5) is 0 Å². The molecule has 1 unspecified atom stereocenters. The Balaban J connectivity index is 1.90. The van der Waals surface area contributed by atoms with Crippen molar-refractivity contribution in [3.63, 3.8) is 0 Å². The molecule has 3 heterocycles. The summed E-state index contributed by atoms with van der Waals surface area (Å²) in [6.07, 6.45) is 3.15. The number of sulfone groups is 1. The van der Waals surface area contributed by atoms with Crippen LogP contribution in [0.25, 0.3) is 11.2 Å². The summed E-state index contributed by atoms with van der Waals surface area (Å²) in [5.41, 5.74) is 1.69. The Morgan fingerprint density at radius 2 is 2.33 bits per heavy atom. The minimum atomic E-state index is -2.85. The number of rotatable bonds is 5. The van der Waals surface area contributed by atoms with E-state index in [4.69, 9.17) is 4.74 Å². The van der Waals surface area contributed by atoms with Gasteiger partial charge in [-0.2, -0.15) is 0 Å². The van der Waals surface area contributed by atoms with Gasteiger partial charge in [0.05, 0.1) is 18.1 Å². The van der Waals surface area contributed by atoms with Gasteiger partial charge < -0.3 is 9.30 Å². The van der Waals surface area contributed by atoms with E-state index in [0.29, 0.717) is 25.3 Å². The van der Waals surface area contributed by atoms with Gasteiger partial charge in [0.15, 0.2) is 15.5 Å². The van der Waals surface area contributed by atoms with E-state index in [1.54, 1.807) is 13.3 Å². The van der Waals surface area contributed by atoms with Gasteiger partial charge in [-0.05, 0) is 24.5 Å². The maximum atomic E-state index is 11.6. The summed E-state index contributed by atoms with van der Waals surface area (Å²) in [5.74, 6) is 1.64. The molecular weight excluding hydrogens is 290 g/mol. The quantitative estimate of drug-likeness (QED) is 0.825. The number of hydrogen-bond donors (Lipinski definition) is 0. The number of imidazole rings is 1. The van der Waals surface area contributed by atoms with Crippen LogP contribution in [0.1, 0.15) is 12.2 Å². The van der Waals surface area contributed by atoms with Crippen molar-refractivity contribution in [1.82, 2.24) is 14.5 Å². The molecule has 0 N–H and O–H groups in total. The summed E-state index contributed by atoms with van der Waals surface area (Å²) in [6, 6.07) is 3.79. The third-order valence-electron chi connectivity index (χ3n) is 3.90. The molecule has 0 bridgehead atoms. The van der Waals surface area contributed by atoms with Crippen molar-refractivity contribution in [3.8, 4) is 0 Å². The van der Waals surface area contributed by atoms with Crippen molar-refractivity contribution in [3.05, 3.63) is 24.2 Å². The third kappa shape index (κ3) is 3.08. The fraction of sp³-hybridized carbons (Fsp3) is 0.571. The molecule has 6 nitrogen and oxygen atoms in total. The van der Waals surface area contributed by atoms with Gasteiger partial charge in [0.25, 0.3) is 0 Å². The summed E-state index contributed by atoms with van der Waals surface area (Å²) < 4.78 is 30.4. The largest absolute Gasteiger partial charge is 0.383 e. The molecule has 2 aromatic rings. The SMILES string of the molecule is COCCn1c(CC2CCS(=O)(=O)C2)nc2cccnc21. The first-order valence-corrected chi connectivity index (χ1v) is 8.91. The van der Waals surface area contributed by atoms with E-state index in [2.05, 4.69) is 9.97 Å². The number of nitrogens with zero attached hydrogens (tertiary/aromatic N) is 3. The molecule has 2 aromatic heterocycles. The van der Waals surface area contributed by atoms with Gasteiger partial charge >= 0.3 is 0 Å². The van der Waals surface area contributed by atoms with E-state index in [1.165, 1.54) is 0 Å². The molecule has 0 aliphatic carbocycles.